The van der Waals surface area contributed by atoms with Crippen molar-refractivity contribution in [1.29, 1.82) is 0 Å². The Balaban J connectivity index is 1.95. The number of hydrogen-bond donors (Lipinski definition) is 1. The first-order chi connectivity index (χ1) is 8.61. The van der Waals surface area contributed by atoms with Crippen LogP contribution in [0.15, 0.2) is 0 Å². The molecule has 2 aliphatic carbocycles. The van der Waals surface area contributed by atoms with Crippen LogP contribution in [-0.4, -0.2) is 23.6 Å². The molecule has 0 heterocycles. The summed E-state index contributed by atoms with van der Waals surface area (Å²) in [4.78, 5) is 0. The van der Waals surface area contributed by atoms with E-state index in [9.17, 15) is 0 Å². The van der Waals surface area contributed by atoms with E-state index in [0.717, 1.165) is 35.1 Å². The van der Waals surface area contributed by atoms with Crippen LogP contribution in [0.2, 0.25) is 0 Å². The Morgan fingerprint density at radius 3 is 2.50 bits per heavy atom. The molecule has 1 N–H and O–H groups in total. The van der Waals surface area contributed by atoms with Gasteiger partial charge in [0.05, 0.1) is 0 Å². The highest BCUT2D eigenvalue weighted by Gasteiger charge is 2.35. The van der Waals surface area contributed by atoms with Gasteiger partial charge in [0, 0.05) is 17.3 Å². The molecule has 106 valence electrons. The zero-order valence-electron chi connectivity index (χ0n) is 12.6. The summed E-state index contributed by atoms with van der Waals surface area (Å²) in [5.41, 5.74) is 0. The lowest BCUT2D eigenvalue weighted by molar-refractivity contribution is 0.160. The molecule has 5 unspecified atom stereocenters. The number of nitrogens with one attached hydrogen (secondary N) is 1. The van der Waals surface area contributed by atoms with Crippen LogP contribution in [0.5, 0.6) is 0 Å². The van der Waals surface area contributed by atoms with Gasteiger partial charge in [0.1, 0.15) is 0 Å². The van der Waals surface area contributed by atoms with Crippen LogP contribution in [0.4, 0.5) is 0 Å². The van der Waals surface area contributed by atoms with Gasteiger partial charge < -0.3 is 5.32 Å². The summed E-state index contributed by atoms with van der Waals surface area (Å²) in [5, 5.41) is 4.93. The van der Waals surface area contributed by atoms with Crippen LogP contribution >= 0.6 is 11.8 Å². The summed E-state index contributed by atoms with van der Waals surface area (Å²) in [6, 6.07) is 1.57. The monoisotopic (exact) mass is 269 g/mol. The maximum absolute atomic E-state index is 4.06. The van der Waals surface area contributed by atoms with Gasteiger partial charge in [-0.1, -0.05) is 33.6 Å². The average Bonchev–Trinajstić information content (AvgIpc) is 2.76. The third-order valence-electron chi connectivity index (χ3n) is 5.21. The second-order valence-electron chi connectivity index (χ2n) is 6.91. The fourth-order valence-corrected chi connectivity index (χ4v) is 5.01. The smallest absolute Gasteiger partial charge is 0.0198 e. The van der Waals surface area contributed by atoms with Crippen LogP contribution in [0.25, 0.3) is 0 Å². The molecule has 0 saturated heterocycles. The molecule has 0 radical (unpaired) electrons. The van der Waals surface area contributed by atoms with Crippen molar-refractivity contribution in [2.24, 2.45) is 17.8 Å². The lowest BCUT2D eigenvalue weighted by Crippen LogP contribution is -2.49. The molecule has 0 spiro atoms. The molecule has 0 aromatic carbocycles. The first kappa shape index (κ1) is 14.7. The largest absolute Gasteiger partial charge is 0.310 e. The molecule has 2 heteroatoms. The minimum absolute atomic E-state index is 0.784. The Bertz CT molecular complexity index is 253. The quantitative estimate of drug-likeness (QED) is 0.815. The maximum Gasteiger partial charge on any atom is 0.0198 e. The van der Waals surface area contributed by atoms with Crippen LogP contribution in [0, 0.1) is 17.8 Å². The molecule has 2 saturated carbocycles. The van der Waals surface area contributed by atoms with E-state index >= 15 is 0 Å². The van der Waals surface area contributed by atoms with Crippen molar-refractivity contribution in [3.63, 3.8) is 0 Å². The second kappa shape index (κ2) is 6.65. The minimum atomic E-state index is 0.784. The van der Waals surface area contributed by atoms with Crippen LogP contribution < -0.4 is 5.32 Å². The molecule has 1 nitrogen and oxygen atoms in total. The molecule has 2 aliphatic rings. The molecule has 0 bridgehead atoms. The van der Waals surface area contributed by atoms with Crippen molar-refractivity contribution in [3.05, 3.63) is 0 Å². The lowest BCUT2D eigenvalue weighted by atomic mass is 9.74. The normalized spacial score (nSPS) is 41.5. The van der Waals surface area contributed by atoms with Crippen LogP contribution in [0.1, 0.15) is 59.3 Å². The summed E-state index contributed by atoms with van der Waals surface area (Å²) in [7, 11) is 0. The zero-order chi connectivity index (χ0) is 13.1. The predicted octanol–water partition coefficient (Wildman–Crippen LogP) is 4.32. The van der Waals surface area contributed by atoms with E-state index < -0.39 is 0 Å². The summed E-state index contributed by atoms with van der Waals surface area (Å²) in [6.45, 7) is 7.26. The van der Waals surface area contributed by atoms with Crippen molar-refractivity contribution in [2.75, 3.05) is 6.26 Å². The maximum atomic E-state index is 4.06. The van der Waals surface area contributed by atoms with Crippen LogP contribution in [-0.2, 0) is 0 Å². The number of thioether (sulfide) groups is 1. The van der Waals surface area contributed by atoms with Gasteiger partial charge in [-0.15, -0.1) is 0 Å². The average molecular weight is 269 g/mol. The fourth-order valence-electron chi connectivity index (χ4n) is 4.07. The topological polar surface area (TPSA) is 12.0 Å². The molecule has 0 aromatic rings. The van der Waals surface area contributed by atoms with E-state index in [4.69, 9.17) is 0 Å². The SMILES string of the molecule is CSC1CCCC1NC1CC(C)CCC1C(C)C. The van der Waals surface area contributed by atoms with Crippen molar-refractivity contribution in [3.8, 4) is 0 Å². The zero-order valence-corrected chi connectivity index (χ0v) is 13.4. The standard InChI is InChI=1S/C16H31NS/c1-11(2)13-9-8-12(3)10-15(13)17-14-6-5-7-16(14)18-4/h11-17H,5-10H2,1-4H3. The Morgan fingerprint density at radius 1 is 1.06 bits per heavy atom. The predicted molar refractivity (Wildman–Crippen MR) is 83.2 cm³/mol. The highest BCUT2D eigenvalue weighted by atomic mass is 32.2. The second-order valence-corrected chi connectivity index (χ2v) is 7.99. The number of rotatable bonds is 4. The summed E-state index contributed by atoms with van der Waals surface area (Å²) in [6.07, 6.45) is 10.8. The first-order valence-corrected chi connectivity index (χ1v) is 9.19. The van der Waals surface area contributed by atoms with E-state index in [1.54, 1.807) is 0 Å². The third kappa shape index (κ3) is 3.45. The van der Waals surface area contributed by atoms with Crippen molar-refractivity contribution >= 4 is 11.8 Å². The first-order valence-electron chi connectivity index (χ1n) is 7.90. The van der Waals surface area contributed by atoms with Crippen molar-refractivity contribution in [1.82, 2.24) is 5.32 Å². The van der Waals surface area contributed by atoms with E-state index in [2.05, 4.69) is 44.1 Å². The van der Waals surface area contributed by atoms with Gasteiger partial charge >= 0.3 is 0 Å². The molecule has 0 aliphatic heterocycles. The van der Waals surface area contributed by atoms with Gasteiger partial charge in [-0.25, -0.2) is 0 Å². The Kier molecular flexibility index (Phi) is 5.44. The van der Waals surface area contributed by atoms with Crippen molar-refractivity contribution in [2.45, 2.75) is 76.6 Å². The molecular formula is C16H31NS. The molecule has 0 aromatic heterocycles. The van der Waals surface area contributed by atoms with E-state index in [1.807, 2.05) is 0 Å². The van der Waals surface area contributed by atoms with Gasteiger partial charge in [-0.2, -0.15) is 11.8 Å². The lowest BCUT2D eigenvalue weighted by Gasteiger charge is -2.40. The fraction of sp³-hybridized carbons (Fsp3) is 1.00. The minimum Gasteiger partial charge on any atom is -0.310 e. The van der Waals surface area contributed by atoms with Gasteiger partial charge in [0.2, 0.25) is 0 Å². The summed E-state index contributed by atoms with van der Waals surface area (Å²) >= 11 is 2.08. The third-order valence-corrected chi connectivity index (χ3v) is 6.38. The molecule has 2 fully saturated rings. The van der Waals surface area contributed by atoms with Gasteiger partial charge in [-0.3, -0.25) is 0 Å². The number of hydrogen-bond acceptors (Lipinski definition) is 2. The van der Waals surface area contributed by atoms with Gasteiger partial charge in [0.15, 0.2) is 0 Å². The van der Waals surface area contributed by atoms with E-state index in [1.165, 1.54) is 38.5 Å². The van der Waals surface area contributed by atoms with Gasteiger partial charge in [-0.05, 0) is 49.7 Å². The highest BCUT2D eigenvalue weighted by Crippen LogP contribution is 2.36. The Hall–Kier alpha value is 0.310. The molecule has 0 amide bonds. The summed E-state index contributed by atoms with van der Waals surface area (Å²) < 4.78 is 0. The van der Waals surface area contributed by atoms with E-state index in [-0.39, 0.29) is 0 Å². The molecule has 5 atom stereocenters. The summed E-state index contributed by atoms with van der Waals surface area (Å²) in [5.74, 6) is 2.67. The van der Waals surface area contributed by atoms with E-state index in [0.29, 0.717) is 0 Å². The highest BCUT2D eigenvalue weighted by molar-refractivity contribution is 7.99. The molecular weight excluding hydrogens is 238 g/mol. The molecule has 18 heavy (non-hydrogen) atoms. The Morgan fingerprint density at radius 2 is 1.83 bits per heavy atom. The van der Waals surface area contributed by atoms with Crippen molar-refractivity contribution < 1.29 is 0 Å². The molecule has 2 rings (SSSR count). The Labute approximate surface area is 118 Å². The van der Waals surface area contributed by atoms with Gasteiger partial charge in [0.25, 0.3) is 0 Å². The van der Waals surface area contributed by atoms with Crippen LogP contribution in [0.3, 0.4) is 0 Å².